The van der Waals surface area contributed by atoms with Gasteiger partial charge in [0.25, 0.3) is 5.91 Å². The summed E-state index contributed by atoms with van der Waals surface area (Å²) in [4.78, 5) is 43.0. The van der Waals surface area contributed by atoms with E-state index >= 15 is 0 Å². The Labute approximate surface area is 211 Å². The van der Waals surface area contributed by atoms with Gasteiger partial charge in [-0.1, -0.05) is 30.3 Å². The van der Waals surface area contributed by atoms with Gasteiger partial charge in [0.05, 0.1) is 6.54 Å². The van der Waals surface area contributed by atoms with Crippen molar-refractivity contribution in [2.45, 2.75) is 58.5 Å². The number of carbonyl (C=O) groups is 3. The van der Waals surface area contributed by atoms with Crippen LogP contribution in [0.25, 0.3) is 0 Å². The van der Waals surface area contributed by atoms with Gasteiger partial charge in [-0.2, -0.15) is 0 Å². The fourth-order valence-corrected chi connectivity index (χ4v) is 4.96. The van der Waals surface area contributed by atoms with Gasteiger partial charge in [0.1, 0.15) is 18.4 Å². The summed E-state index contributed by atoms with van der Waals surface area (Å²) in [6.45, 7) is 8.00. The lowest BCUT2D eigenvalue weighted by atomic mass is 10.0. The van der Waals surface area contributed by atoms with Crippen LogP contribution in [0.3, 0.4) is 0 Å². The van der Waals surface area contributed by atoms with Crippen LogP contribution in [0.4, 0.5) is 0 Å². The highest BCUT2D eigenvalue weighted by Gasteiger charge is 2.40. The van der Waals surface area contributed by atoms with Crippen molar-refractivity contribution in [3.63, 3.8) is 0 Å². The fraction of sp³-hybridized carbons (Fsp3) is 0.393. The third-order valence-corrected chi connectivity index (χ3v) is 7.12. The van der Waals surface area contributed by atoms with Gasteiger partial charge in [-0.05, 0) is 43.5 Å². The normalized spacial score (nSPS) is 19.7. The molecule has 8 nitrogen and oxygen atoms in total. The molecule has 1 N–H and O–H groups in total. The van der Waals surface area contributed by atoms with Crippen LogP contribution in [0.5, 0.6) is 5.75 Å². The van der Waals surface area contributed by atoms with Crippen molar-refractivity contribution in [3.05, 3.63) is 77.1 Å². The number of imide groups is 1. The Morgan fingerprint density at radius 3 is 2.47 bits per heavy atom. The van der Waals surface area contributed by atoms with Gasteiger partial charge in [0.2, 0.25) is 11.8 Å². The minimum Gasteiger partial charge on any atom is -0.489 e. The molecule has 0 saturated carbocycles. The highest BCUT2D eigenvalue weighted by Crippen LogP contribution is 2.34. The summed E-state index contributed by atoms with van der Waals surface area (Å²) in [5.74, 6) is -0.252. The van der Waals surface area contributed by atoms with Crippen LogP contribution < -0.4 is 10.1 Å². The second-order valence-electron chi connectivity index (χ2n) is 9.89. The number of hydrogen-bond donors (Lipinski definition) is 1. The first-order valence-corrected chi connectivity index (χ1v) is 12.5. The van der Waals surface area contributed by atoms with Crippen LogP contribution in [-0.2, 0) is 29.3 Å². The lowest BCUT2D eigenvalue weighted by Gasteiger charge is -2.33. The summed E-state index contributed by atoms with van der Waals surface area (Å²) in [6.07, 6.45) is 4.91. The van der Waals surface area contributed by atoms with Crippen LogP contribution in [0.1, 0.15) is 53.7 Å². The minimum absolute atomic E-state index is 0.197. The topological polar surface area (TPSA) is 82.2 Å². The zero-order valence-corrected chi connectivity index (χ0v) is 20.8. The maximum atomic E-state index is 13.0. The monoisotopic (exact) mass is 488 g/mol. The molecule has 3 aliphatic heterocycles. The van der Waals surface area contributed by atoms with E-state index in [9.17, 15) is 14.4 Å². The summed E-state index contributed by atoms with van der Waals surface area (Å²) >= 11 is 0. The molecule has 3 amide bonds. The van der Waals surface area contributed by atoms with Crippen molar-refractivity contribution in [2.24, 2.45) is 0 Å². The van der Waals surface area contributed by atoms with Crippen molar-refractivity contribution in [1.29, 1.82) is 0 Å². The summed E-state index contributed by atoms with van der Waals surface area (Å²) in [7, 11) is 0. The van der Waals surface area contributed by atoms with Gasteiger partial charge in [-0.25, -0.2) is 0 Å². The van der Waals surface area contributed by atoms with Gasteiger partial charge in [-0.15, -0.1) is 0 Å². The second-order valence-corrected chi connectivity index (χ2v) is 9.89. The molecule has 3 heterocycles. The Bertz CT molecular complexity index is 1190. The highest BCUT2D eigenvalue weighted by atomic mass is 16.5. The Kier molecular flexibility index (Phi) is 6.67. The zero-order chi connectivity index (χ0) is 25.2. The number of amides is 3. The first-order chi connectivity index (χ1) is 17.4. The molecule has 0 aromatic heterocycles. The number of carbonyl (C=O) groups excluding carboxylic acids is 3. The van der Waals surface area contributed by atoms with Crippen LogP contribution in [0.15, 0.2) is 54.9 Å². The van der Waals surface area contributed by atoms with E-state index in [0.717, 1.165) is 30.8 Å². The molecular weight excluding hydrogens is 456 g/mol. The van der Waals surface area contributed by atoms with Crippen LogP contribution in [0, 0.1) is 0 Å². The van der Waals surface area contributed by atoms with E-state index in [-0.39, 0.29) is 18.2 Å². The van der Waals surface area contributed by atoms with Crippen molar-refractivity contribution in [3.8, 4) is 5.75 Å². The van der Waals surface area contributed by atoms with Crippen molar-refractivity contribution >= 4 is 17.7 Å². The van der Waals surface area contributed by atoms with Gasteiger partial charge in [-0.3, -0.25) is 19.7 Å². The lowest BCUT2D eigenvalue weighted by Crippen LogP contribution is -2.52. The molecular formula is C28H32N4O4. The number of nitrogens with one attached hydrogen (secondary N) is 1. The number of nitrogens with zero attached hydrogens (tertiary/aromatic N) is 3. The number of rotatable bonds is 7. The van der Waals surface area contributed by atoms with Crippen molar-refractivity contribution < 1.29 is 19.1 Å². The molecule has 0 bridgehead atoms. The molecule has 0 spiro atoms. The zero-order valence-electron chi connectivity index (χ0n) is 20.8. The molecule has 1 atom stereocenters. The molecule has 8 heteroatoms. The molecule has 3 aliphatic rings. The maximum absolute atomic E-state index is 13.0. The van der Waals surface area contributed by atoms with E-state index in [0.29, 0.717) is 36.9 Å². The van der Waals surface area contributed by atoms with Crippen molar-refractivity contribution in [1.82, 2.24) is 20.0 Å². The van der Waals surface area contributed by atoms with E-state index in [1.165, 1.54) is 5.56 Å². The number of hydrogen-bond acceptors (Lipinski definition) is 6. The maximum Gasteiger partial charge on any atom is 0.255 e. The average Bonchev–Trinajstić information content (AvgIpc) is 3.21. The van der Waals surface area contributed by atoms with Gasteiger partial charge < -0.3 is 19.4 Å². The molecule has 1 unspecified atom stereocenters. The summed E-state index contributed by atoms with van der Waals surface area (Å²) in [6, 6.07) is 13.7. The third-order valence-electron chi connectivity index (χ3n) is 7.12. The molecule has 1 saturated heterocycles. The smallest absolute Gasteiger partial charge is 0.255 e. The molecule has 1 fully saturated rings. The minimum atomic E-state index is -0.633. The van der Waals surface area contributed by atoms with Crippen LogP contribution in [-0.4, -0.2) is 57.6 Å². The SMILES string of the molecule is CC(C)N1C=CN(Cc2ccc(COc3cccc4c3CN(C3CCC(=O)NC3=O)C4=O)cc2)CC1. The molecule has 5 rings (SSSR count). The van der Waals surface area contributed by atoms with Crippen LogP contribution in [0.2, 0.25) is 0 Å². The van der Waals surface area contributed by atoms with Crippen LogP contribution >= 0.6 is 0 Å². The van der Waals surface area contributed by atoms with E-state index in [1.807, 2.05) is 6.07 Å². The molecule has 0 radical (unpaired) electrons. The van der Waals surface area contributed by atoms with Gasteiger partial charge in [0.15, 0.2) is 0 Å². The van der Waals surface area contributed by atoms with E-state index < -0.39 is 11.9 Å². The Morgan fingerprint density at radius 2 is 1.78 bits per heavy atom. The first-order valence-electron chi connectivity index (χ1n) is 12.5. The summed E-state index contributed by atoms with van der Waals surface area (Å²) in [5.41, 5.74) is 3.63. The van der Waals surface area contributed by atoms with Gasteiger partial charge >= 0.3 is 0 Å². The quantitative estimate of drug-likeness (QED) is 0.604. The molecule has 0 aliphatic carbocycles. The standard InChI is InChI=1S/C28H32N4O4/c1-19(2)31-14-12-30(13-15-31)16-20-6-8-21(9-7-20)18-36-25-5-3-4-22-23(25)17-32(28(22)35)24-10-11-26(33)29-27(24)34/h3-9,12,14,19,24H,10-11,13,15-18H2,1-2H3,(H,29,33,34). The molecule has 2 aromatic carbocycles. The Balaban J connectivity index is 1.20. The Hall–Kier alpha value is -3.81. The third kappa shape index (κ3) is 4.94. The highest BCUT2D eigenvalue weighted by molar-refractivity contribution is 6.05. The molecule has 36 heavy (non-hydrogen) atoms. The average molecular weight is 489 g/mol. The number of ether oxygens (including phenoxy) is 1. The number of piperidine rings is 1. The largest absolute Gasteiger partial charge is 0.489 e. The molecule has 188 valence electrons. The predicted octanol–water partition coefficient (Wildman–Crippen LogP) is 3.02. The first kappa shape index (κ1) is 23.9. The van der Waals surface area contributed by atoms with Crippen molar-refractivity contribution in [2.75, 3.05) is 13.1 Å². The lowest BCUT2D eigenvalue weighted by molar-refractivity contribution is -0.136. The van der Waals surface area contributed by atoms with Gasteiger partial charge in [0, 0.05) is 55.6 Å². The number of benzene rings is 2. The van der Waals surface area contributed by atoms with E-state index in [1.54, 1.807) is 17.0 Å². The number of fused-ring (bicyclic) bond motifs is 1. The second kappa shape index (κ2) is 10.0. The van der Waals surface area contributed by atoms with E-state index in [2.05, 4.69) is 65.6 Å². The predicted molar refractivity (Wildman–Crippen MR) is 135 cm³/mol. The fourth-order valence-electron chi connectivity index (χ4n) is 4.96. The summed E-state index contributed by atoms with van der Waals surface area (Å²) < 4.78 is 6.13. The van der Waals surface area contributed by atoms with E-state index in [4.69, 9.17) is 4.74 Å². The molecule has 2 aromatic rings. The summed E-state index contributed by atoms with van der Waals surface area (Å²) in [5, 5.41) is 2.34. The Morgan fingerprint density at radius 1 is 1.00 bits per heavy atom.